The van der Waals surface area contributed by atoms with Crippen molar-refractivity contribution < 1.29 is 9.26 Å². The zero-order valence-corrected chi connectivity index (χ0v) is 14.7. The number of ether oxygens (including phenoxy) is 1. The van der Waals surface area contributed by atoms with Crippen LogP contribution in [0, 0.1) is 6.92 Å². The largest absolute Gasteiger partial charge is 0.365 e. The van der Waals surface area contributed by atoms with Gasteiger partial charge in [-0.05, 0) is 24.6 Å². The molecule has 0 spiro atoms. The van der Waals surface area contributed by atoms with Gasteiger partial charge in [-0.2, -0.15) is 4.98 Å². The van der Waals surface area contributed by atoms with Crippen LogP contribution in [0.25, 0.3) is 23.0 Å². The maximum atomic E-state index is 6.06. The maximum Gasteiger partial charge on any atom is 0.258 e. The Kier molecular flexibility index (Phi) is 3.79. The molecule has 0 fully saturated rings. The van der Waals surface area contributed by atoms with Gasteiger partial charge in [0.15, 0.2) is 5.69 Å². The fraction of sp³-hybridized carbons (Fsp3) is 0.200. The molecule has 7 nitrogen and oxygen atoms in total. The summed E-state index contributed by atoms with van der Waals surface area (Å²) in [4.78, 5) is 4.47. The minimum Gasteiger partial charge on any atom is -0.365 e. The van der Waals surface area contributed by atoms with Gasteiger partial charge in [0.25, 0.3) is 5.89 Å². The van der Waals surface area contributed by atoms with Crippen LogP contribution in [0.15, 0.2) is 59.1 Å². The third kappa shape index (κ3) is 2.92. The first-order valence-corrected chi connectivity index (χ1v) is 8.78. The highest BCUT2D eigenvalue weighted by Crippen LogP contribution is 2.30. The lowest BCUT2D eigenvalue weighted by Crippen LogP contribution is -2.22. The van der Waals surface area contributed by atoms with Crippen molar-refractivity contribution in [3.8, 4) is 23.0 Å². The molecule has 3 heterocycles. The van der Waals surface area contributed by atoms with Crippen LogP contribution in [0.3, 0.4) is 0 Å². The Morgan fingerprint density at radius 3 is 2.67 bits per heavy atom. The number of fused-ring (bicyclic) bond motifs is 1. The second-order valence-electron chi connectivity index (χ2n) is 6.57. The molecule has 7 heteroatoms. The molecule has 0 bridgehead atoms. The Morgan fingerprint density at radius 2 is 1.85 bits per heavy atom. The summed E-state index contributed by atoms with van der Waals surface area (Å²) in [6.07, 6.45) is -0.0437. The molecular weight excluding hydrogens is 342 g/mol. The van der Waals surface area contributed by atoms with Crippen molar-refractivity contribution in [2.75, 3.05) is 0 Å². The summed E-state index contributed by atoms with van der Waals surface area (Å²) in [5.41, 5.74) is 4.69. The van der Waals surface area contributed by atoms with Crippen LogP contribution in [0.4, 0.5) is 0 Å². The molecule has 1 aliphatic heterocycles. The average Bonchev–Trinajstić information content (AvgIpc) is 3.36. The van der Waals surface area contributed by atoms with Crippen molar-refractivity contribution in [3.05, 3.63) is 71.4 Å². The van der Waals surface area contributed by atoms with Crippen molar-refractivity contribution in [3.63, 3.8) is 0 Å². The normalized spacial score (nSPS) is 16.3. The van der Waals surface area contributed by atoms with E-state index in [4.69, 9.17) is 9.26 Å². The molecule has 2 aromatic carbocycles. The van der Waals surface area contributed by atoms with E-state index < -0.39 is 0 Å². The van der Waals surface area contributed by atoms with Gasteiger partial charge in [-0.3, -0.25) is 0 Å². The van der Waals surface area contributed by atoms with Gasteiger partial charge < -0.3 is 9.26 Å². The van der Waals surface area contributed by atoms with Gasteiger partial charge in [-0.15, -0.1) is 5.10 Å². The van der Waals surface area contributed by atoms with Crippen molar-refractivity contribution in [1.82, 2.24) is 25.1 Å². The highest BCUT2D eigenvalue weighted by molar-refractivity contribution is 5.58. The summed E-state index contributed by atoms with van der Waals surface area (Å²) in [6, 6.07) is 18.0. The van der Waals surface area contributed by atoms with Gasteiger partial charge in [0.1, 0.15) is 6.10 Å². The molecule has 0 unspecified atom stereocenters. The van der Waals surface area contributed by atoms with E-state index in [2.05, 4.69) is 51.6 Å². The minimum atomic E-state index is -0.0437. The number of rotatable bonds is 3. The molecule has 1 atom stereocenters. The van der Waals surface area contributed by atoms with Gasteiger partial charge in [-0.25, -0.2) is 4.68 Å². The SMILES string of the molecule is Cc1ccc([C@@H]2Cn3nnc(-c4noc(-c5ccccc5)n4)c3CO2)cc1. The van der Waals surface area contributed by atoms with Crippen molar-refractivity contribution >= 4 is 0 Å². The predicted octanol–water partition coefficient (Wildman–Crippen LogP) is 3.58. The average molecular weight is 359 g/mol. The quantitative estimate of drug-likeness (QED) is 0.556. The third-order valence-electron chi connectivity index (χ3n) is 4.71. The Morgan fingerprint density at radius 1 is 1.04 bits per heavy atom. The minimum absolute atomic E-state index is 0.0437. The summed E-state index contributed by atoms with van der Waals surface area (Å²) in [7, 11) is 0. The molecule has 0 radical (unpaired) electrons. The molecule has 134 valence electrons. The highest BCUT2D eigenvalue weighted by Gasteiger charge is 2.27. The van der Waals surface area contributed by atoms with Gasteiger partial charge in [-0.1, -0.05) is 58.4 Å². The van der Waals surface area contributed by atoms with E-state index in [-0.39, 0.29) is 6.10 Å². The smallest absolute Gasteiger partial charge is 0.258 e. The van der Waals surface area contributed by atoms with Crippen LogP contribution in [-0.2, 0) is 17.9 Å². The first-order valence-electron chi connectivity index (χ1n) is 8.78. The Bertz CT molecular complexity index is 1070. The van der Waals surface area contributed by atoms with Crippen molar-refractivity contribution in [1.29, 1.82) is 0 Å². The number of aromatic nitrogens is 5. The summed E-state index contributed by atoms with van der Waals surface area (Å²) < 4.78 is 13.3. The highest BCUT2D eigenvalue weighted by atomic mass is 16.5. The van der Waals surface area contributed by atoms with Gasteiger partial charge in [0, 0.05) is 5.56 Å². The van der Waals surface area contributed by atoms with Gasteiger partial charge in [0.05, 0.1) is 18.8 Å². The molecule has 5 rings (SSSR count). The van der Waals surface area contributed by atoms with Crippen LogP contribution in [0.1, 0.15) is 22.9 Å². The predicted molar refractivity (Wildman–Crippen MR) is 97.5 cm³/mol. The fourth-order valence-electron chi connectivity index (χ4n) is 3.19. The molecule has 2 aromatic heterocycles. The van der Waals surface area contributed by atoms with E-state index in [9.17, 15) is 0 Å². The zero-order valence-electron chi connectivity index (χ0n) is 14.7. The van der Waals surface area contributed by atoms with E-state index in [0.717, 1.165) is 16.8 Å². The Labute approximate surface area is 155 Å². The lowest BCUT2D eigenvalue weighted by molar-refractivity contribution is -0.00112. The number of aryl methyl sites for hydroxylation is 1. The number of hydrogen-bond acceptors (Lipinski definition) is 6. The Hall–Kier alpha value is -3.32. The second-order valence-corrected chi connectivity index (χ2v) is 6.57. The molecule has 27 heavy (non-hydrogen) atoms. The number of nitrogens with zero attached hydrogens (tertiary/aromatic N) is 5. The van der Waals surface area contributed by atoms with Crippen LogP contribution in [-0.4, -0.2) is 25.1 Å². The maximum absolute atomic E-state index is 6.06. The van der Waals surface area contributed by atoms with Crippen LogP contribution >= 0.6 is 0 Å². The first kappa shape index (κ1) is 15.9. The molecule has 0 N–H and O–H groups in total. The second kappa shape index (κ2) is 6.44. The van der Waals surface area contributed by atoms with E-state index in [1.165, 1.54) is 5.56 Å². The van der Waals surface area contributed by atoms with Crippen LogP contribution in [0.5, 0.6) is 0 Å². The molecule has 0 saturated carbocycles. The summed E-state index contributed by atoms with van der Waals surface area (Å²) >= 11 is 0. The van der Waals surface area contributed by atoms with E-state index in [1.54, 1.807) is 0 Å². The van der Waals surface area contributed by atoms with Gasteiger partial charge in [0.2, 0.25) is 5.82 Å². The summed E-state index contributed by atoms with van der Waals surface area (Å²) in [6.45, 7) is 3.08. The topological polar surface area (TPSA) is 78.9 Å². The van der Waals surface area contributed by atoms with E-state index in [0.29, 0.717) is 30.6 Å². The van der Waals surface area contributed by atoms with Crippen LogP contribution < -0.4 is 0 Å². The third-order valence-corrected chi connectivity index (χ3v) is 4.71. The molecule has 4 aromatic rings. The van der Waals surface area contributed by atoms with Crippen molar-refractivity contribution in [2.45, 2.75) is 26.2 Å². The molecule has 0 aliphatic carbocycles. The molecular formula is C20H17N5O2. The number of benzene rings is 2. The van der Waals surface area contributed by atoms with E-state index >= 15 is 0 Å². The summed E-state index contributed by atoms with van der Waals surface area (Å²) in [5.74, 6) is 0.883. The zero-order chi connectivity index (χ0) is 18.2. The molecule has 0 saturated heterocycles. The summed E-state index contributed by atoms with van der Waals surface area (Å²) in [5, 5.41) is 12.6. The fourth-order valence-corrected chi connectivity index (χ4v) is 3.19. The lowest BCUT2D eigenvalue weighted by Gasteiger charge is -2.24. The first-order chi connectivity index (χ1) is 13.3. The monoisotopic (exact) mass is 359 g/mol. The Balaban J connectivity index is 1.42. The van der Waals surface area contributed by atoms with Crippen molar-refractivity contribution in [2.24, 2.45) is 0 Å². The van der Waals surface area contributed by atoms with Gasteiger partial charge >= 0.3 is 0 Å². The number of hydrogen-bond donors (Lipinski definition) is 0. The van der Waals surface area contributed by atoms with Crippen LogP contribution in [0.2, 0.25) is 0 Å². The lowest BCUT2D eigenvalue weighted by atomic mass is 10.1. The van der Waals surface area contributed by atoms with E-state index in [1.807, 2.05) is 35.0 Å². The standard InChI is InChI=1S/C20H17N5O2/c1-13-7-9-14(10-8-13)17-11-25-16(12-26-17)18(22-24-25)19-21-20(27-23-19)15-5-3-2-4-6-15/h2-10,17H,11-12H2,1H3/t17-/m0/s1. The molecule has 0 amide bonds. The molecule has 1 aliphatic rings.